The fraction of sp³-hybridized carbons (Fsp3) is 0.548. The number of aromatic nitrogens is 3. The number of hydrogen-bond donors (Lipinski definition) is 1. The van der Waals surface area contributed by atoms with Crippen molar-refractivity contribution in [2.24, 2.45) is 13.0 Å². The Kier molecular flexibility index (Phi) is 9.91. The second kappa shape index (κ2) is 14.0. The van der Waals surface area contributed by atoms with Gasteiger partial charge in [-0.3, -0.25) is 9.59 Å². The van der Waals surface area contributed by atoms with Crippen LogP contribution in [-0.2, 0) is 27.8 Å². The van der Waals surface area contributed by atoms with Crippen molar-refractivity contribution < 1.29 is 23.9 Å². The molecule has 2 aliphatic heterocycles. The molecule has 3 aromatic rings. The van der Waals surface area contributed by atoms with Gasteiger partial charge in [-0.2, -0.15) is 0 Å². The average Bonchev–Trinajstić information content (AvgIpc) is 3.36. The Bertz CT molecular complexity index is 1350. The molecule has 11 heteroatoms. The molecule has 2 saturated heterocycles. The molecule has 1 atom stereocenters. The van der Waals surface area contributed by atoms with E-state index in [1.54, 1.807) is 7.11 Å². The number of amides is 2. The van der Waals surface area contributed by atoms with Crippen LogP contribution in [0.4, 0.5) is 5.95 Å². The van der Waals surface area contributed by atoms with E-state index in [2.05, 4.69) is 43.2 Å². The number of aryl methyl sites for hydroxylation is 1. The maximum absolute atomic E-state index is 12.9. The number of rotatable bonds is 11. The van der Waals surface area contributed by atoms with Crippen LogP contribution in [0.25, 0.3) is 10.9 Å². The summed E-state index contributed by atoms with van der Waals surface area (Å²) in [6.45, 7) is 5.63. The fourth-order valence-electron chi connectivity index (χ4n) is 5.78. The molecular weight excluding hydrogens is 536 g/mol. The number of carbonyl (C=O) groups is 2. The predicted octanol–water partition coefficient (Wildman–Crippen LogP) is 3.86. The van der Waals surface area contributed by atoms with Gasteiger partial charge in [0.1, 0.15) is 5.75 Å². The first-order valence-electron chi connectivity index (χ1n) is 15.0. The smallest absolute Gasteiger partial charge is 0.278 e. The number of ether oxygens (including phenoxy) is 2. The lowest BCUT2D eigenvalue weighted by Gasteiger charge is -2.35. The van der Waals surface area contributed by atoms with Crippen molar-refractivity contribution in [3.05, 3.63) is 47.9 Å². The van der Waals surface area contributed by atoms with Gasteiger partial charge in [0.15, 0.2) is 6.29 Å². The number of nitrogens with one attached hydrogen (secondary N) is 1. The van der Waals surface area contributed by atoms with Gasteiger partial charge >= 0.3 is 0 Å². The lowest BCUT2D eigenvalue weighted by Crippen LogP contribution is -2.42. The maximum Gasteiger partial charge on any atom is 0.278 e. The van der Waals surface area contributed by atoms with E-state index >= 15 is 0 Å². The predicted molar refractivity (Wildman–Crippen MR) is 159 cm³/mol. The molecule has 2 fully saturated rings. The Morgan fingerprint density at radius 1 is 1.14 bits per heavy atom. The molecule has 0 spiro atoms. The van der Waals surface area contributed by atoms with Gasteiger partial charge in [0.25, 0.3) is 5.91 Å². The second-order valence-electron chi connectivity index (χ2n) is 11.1. The highest BCUT2D eigenvalue weighted by Gasteiger charge is 2.25. The minimum Gasteiger partial charge on any atom is -0.497 e. The third-order valence-corrected chi connectivity index (χ3v) is 8.28. The van der Waals surface area contributed by atoms with Crippen LogP contribution >= 0.6 is 0 Å². The molecule has 1 unspecified atom stereocenters. The highest BCUT2D eigenvalue weighted by atomic mass is 16.8. The first-order valence-corrected chi connectivity index (χ1v) is 15.0. The van der Waals surface area contributed by atoms with Crippen LogP contribution in [0.2, 0.25) is 0 Å². The van der Waals surface area contributed by atoms with Crippen LogP contribution < -0.4 is 15.1 Å². The molecule has 1 N–H and O–H groups in total. The fourth-order valence-corrected chi connectivity index (χ4v) is 5.78. The van der Waals surface area contributed by atoms with Gasteiger partial charge in [-0.15, -0.1) is 0 Å². The number of hydrogen-bond acceptors (Lipinski definition) is 8. The summed E-state index contributed by atoms with van der Waals surface area (Å²) < 4.78 is 13.0. The van der Waals surface area contributed by atoms with Crippen LogP contribution in [0.5, 0.6) is 5.75 Å². The van der Waals surface area contributed by atoms with E-state index < -0.39 is 12.2 Å². The SMILES string of the molecule is CCC(=O)N(CCc1cn(C)c2cc(OC)ccc12)CC1CCN(c2ncc(C(=O)NOC3CCCCO3)cn2)CC1. The molecule has 0 radical (unpaired) electrons. The number of anilines is 1. The summed E-state index contributed by atoms with van der Waals surface area (Å²) >= 11 is 0. The molecule has 5 rings (SSSR count). The van der Waals surface area contributed by atoms with Crippen molar-refractivity contribution in [3.63, 3.8) is 0 Å². The maximum atomic E-state index is 12.9. The topological polar surface area (TPSA) is 111 Å². The van der Waals surface area contributed by atoms with Gasteiger partial charge in [-0.25, -0.2) is 20.3 Å². The van der Waals surface area contributed by atoms with Crippen LogP contribution in [0, 0.1) is 5.92 Å². The summed E-state index contributed by atoms with van der Waals surface area (Å²) in [5.74, 6) is 1.66. The third kappa shape index (κ3) is 7.19. The van der Waals surface area contributed by atoms with Gasteiger partial charge in [0, 0.05) is 82.7 Å². The van der Waals surface area contributed by atoms with Crippen LogP contribution in [0.15, 0.2) is 36.8 Å². The zero-order valence-corrected chi connectivity index (χ0v) is 24.9. The summed E-state index contributed by atoms with van der Waals surface area (Å²) in [5, 5.41) is 1.20. The molecule has 0 aliphatic carbocycles. The van der Waals surface area contributed by atoms with E-state index in [4.69, 9.17) is 14.3 Å². The minimum absolute atomic E-state index is 0.190. The third-order valence-electron chi connectivity index (χ3n) is 8.28. The zero-order valence-electron chi connectivity index (χ0n) is 24.9. The Labute approximate surface area is 247 Å². The number of benzene rings is 1. The molecule has 1 aromatic carbocycles. The van der Waals surface area contributed by atoms with Gasteiger partial charge in [0.05, 0.1) is 18.2 Å². The van der Waals surface area contributed by atoms with Crippen LogP contribution in [-0.4, -0.2) is 77.4 Å². The Morgan fingerprint density at radius 2 is 1.93 bits per heavy atom. The Hall–Kier alpha value is -3.70. The van der Waals surface area contributed by atoms with Gasteiger partial charge in [-0.05, 0) is 55.7 Å². The van der Waals surface area contributed by atoms with Crippen LogP contribution in [0.1, 0.15) is 61.4 Å². The van der Waals surface area contributed by atoms with E-state index in [9.17, 15) is 9.59 Å². The average molecular weight is 579 g/mol. The van der Waals surface area contributed by atoms with Crippen molar-refractivity contribution in [3.8, 4) is 5.75 Å². The molecular formula is C31H42N6O5. The Morgan fingerprint density at radius 3 is 2.62 bits per heavy atom. The summed E-state index contributed by atoms with van der Waals surface area (Å²) in [4.78, 5) is 43.7. The number of hydroxylamine groups is 1. The summed E-state index contributed by atoms with van der Waals surface area (Å²) in [6, 6.07) is 6.14. The molecule has 0 saturated carbocycles. The lowest BCUT2D eigenvalue weighted by atomic mass is 9.96. The van der Waals surface area contributed by atoms with Gasteiger partial charge in [0.2, 0.25) is 11.9 Å². The molecule has 2 aliphatic rings. The number of piperidine rings is 1. The molecule has 2 aromatic heterocycles. The summed E-state index contributed by atoms with van der Waals surface area (Å²) in [6.07, 6.45) is 10.8. The first-order chi connectivity index (χ1) is 20.4. The van der Waals surface area contributed by atoms with E-state index in [0.29, 0.717) is 37.0 Å². The van der Waals surface area contributed by atoms with Crippen molar-refractivity contribution in [1.29, 1.82) is 0 Å². The standard InChI is InChI=1S/C31H42N6O5/c1-4-28(38)37(15-12-23-21-35(2)27-17-25(40-3)8-9-26(23)27)20-22-10-13-36(14-11-22)31-32-18-24(19-33-31)30(39)34-42-29-7-5-6-16-41-29/h8-9,17-19,21-22,29H,4-7,10-16,20H2,1-3H3,(H,34,39). The quantitative estimate of drug-likeness (QED) is 0.342. The monoisotopic (exact) mass is 578 g/mol. The molecule has 226 valence electrons. The number of carbonyl (C=O) groups excluding carboxylic acids is 2. The number of methoxy groups -OCH3 is 1. The molecule has 11 nitrogen and oxygen atoms in total. The van der Waals surface area contributed by atoms with Crippen LogP contribution in [0.3, 0.4) is 0 Å². The molecule has 4 heterocycles. The van der Waals surface area contributed by atoms with E-state index in [1.165, 1.54) is 23.3 Å². The van der Waals surface area contributed by atoms with Crippen molar-refractivity contribution >= 4 is 28.7 Å². The van der Waals surface area contributed by atoms with Gasteiger partial charge in [-0.1, -0.05) is 6.92 Å². The van der Waals surface area contributed by atoms with Gasteiger partial charge < -0.3 is 23.8 Å². The molecule has 42 heavy (non-hydrogen) atoms. The second-order valence-corrected chi connectivity index (χ2v) is 11.1. The number of nitrogens with zero attached hydrogens (tertiary/aromatic N) is 5. The molecule has 0 bridgehead atoms. The summed E-state index contributed by atoms with van der Waals surface area (Å²) in [5.41, 5.74) is 5.15. The van der Waals surface area contributed by atoms with E-state index in [0.717, 1.165) is 69.4 Å². The summed E-state index contributed by atoms with van der Waals surface area (Å²) in [7, 11) is 3.72. The minimum atomic E-state index is -0.407. The number of fused-ring (bicyclic) bond motifs is 1. The van der Waals surface area contributed by atoms with E-state index in [-0.39, 0.29) is 5.91 Å². The first kappa shape index (κ1) is 29.8. The largest absolute Gasteiger partial charge is 0.497 e. The molecule has 2 amide bonds. The zero-order chi connectivity index (χ0) is 29.5. The highest BCUT2D eigenvalue weighted by molar-refractivity contribution is 5.92. The van der Waals surface area contributed by atoms with Crippen molar-refractivity contribution in [1.82, 2.24) is 24.9 Å². The van der Waals surface area contributed by atoms with Crippen molar-refractivity contribution in [2.75, 3.05) is 44.8 Å². The van der Waals surface area contributed by atoms with Crippen molar-refractivity contribution in [2.45, 2.75) is 58.2 Å². The highest BCUT2D eigenvalue weighted by Crippen LogP contribution is 2.27. The lowest BCUT2D eigenvalue weighted by molar-refractivity contribution is -0.186. The van der Waals surface area contributed by atoms with E-state index in [1.807, 2.05) is 24.9 Å². The Balaban J connectivity index is 1.11. The normalized spacial score (nSPS) is 17.8.